The van der Waals surface area contributed by atoms with Crippen LogP contribution in [0.5, 0.6) is 5.75 Å². The summed E-state index contributed by atoms with van der Waals surface area (Å²) in [5.74, 6) is 1.68. The highest BCUT2D eigenvalue weighted by molar-refractivity contribution is 8.13. The summed E-state index contributed by atoms with van der Waals surface area (Å²) in [5.41, 5.74) is 1.48. The minimum Gasteiger partial charge on any atom is -0.492 e. The van der Waals surface area contributed by atoms with Crippen LogP contribution in [0.15, 0.2) is 17.0 Å². The molecule has 0 unspecified atom stereocenters. The van der Waals surface area contributed by atoms with E-state index in [-0.39, 0.29) is 10.8 Å². The van der Waals surface area contributed by atoms with Crippen LogP contribution in [0.1, 0.15) is 30.9 Å². The maximum absolute atomic E-state index is 11.6. The molecule has 108 valence electrons. The first-order chi connectivity index (χ1) is 8.77. The van der Waals surface area contributed by atoms with Gasteiger partial charge in [-0.25, -0.2) is 8.42 Å². The maximum Gasteiger partial charge on any atom is 0.261 e. The number of ether oxygens (including phenoxy) is 1. The molecule has 0 bridgehead atoms. The van der Waals surface area contributed by atoms with Gasteiger partial charge in [0.15, 0.2) is 0 Å². The topological polar surface area (TPSA) is 43.4 Å². The summed E-state index contributed by atoms with van der Waals surface area (Å²) in [5, 5.41) is 0. The zero-order valence-electron chi connectivity index (χ0n) is 11.6. The van der Waals surface area contributed by atoms with Crippen LogP contribution in [0.2, 0.25) is 0 Å². The highest BCUT2D eigenvalue weighted by Gasteiger charge is 2.20. The van der Waals surface area contributed by atoms with Crippen molar-refractivity contribution >= 4 is 31.5 Å². The first-order valence-electron chi connectivity index (χ1n) is 5.98. The average molecular weight is 323 g/mol. The van der Waals surface area contributed by atoms with Gasteiger partial charge in [0.25, 0.3) is 9.05 Å². The van der Waals surface area contributed by atoms with Crippen molar-refractivity contribution < 1.29 is 13.2 Å². The Labute approximate surface area is 124 Å². The Balaban J connectivity index is 3.21. The molecule has 0 aliphatic rings. The molecule has 0 aromatic heterocycles. The van der Waals surface area contributed by atoms with Crippen molar-refractivity contribution in [3.63, 3.8) is 0 Å². The molecule has 0 fully saturated rings. The van der Waals surface area contributed by atoms with Gasteiger partial charge >= 0.3 is 0 Å². The smallest absolute Gasteiger partial charge is 0.261 e. The lowest BCUT2D eigenvalue weighted by Crippen LogP contribution is -2.05. The molecular formula is C13H19ClO3S2. The lowest BCUT2D eigenvalue weighted by molar-refractivity contribution is 0.340. The van der Waals surface area contributed by atoms with E-state index in [4.69, 9.17) is 15.4 Å². The van der Waals surface area contributed by atoms with E-state index in [1.54, 1.807) is 23.9 Å². The second-order valence-electron chi connectivity index (χ2n) is 4.59. The minimum atomic E-state index is -3.73. The zero-order chi connectivity index (χ0) is 14.6. The zero-order valence-corrected chi connectivity index (χ0v) is 14.0. The normalized spacial score (nSPS) is 11.9. The number of aryl methyl sites for hydroxylation is 1. The van der Waals surface area contributed by atoms with E-state index in [0.29, 0.717) is 12.2 Å². The van der Waals surface area contributed by atoms with Crippen molar-refractivity contribution in [2.75, 3.05) is 18.6 Å². The van der Waals surface area contributed by atoms with Crippen molar-refractivity contribution in [2.45, 2.75) is 31.6 Å². The Kier molecular flexibility index (Phi) is 6.02. The standard InChI is InChI=1S/C13H19ClO3S2/c1-9(2)11-8-12(17-5-6-18-4)10(3)7-13(11)19(14,15)16/h7-9H,5-6H2,1-4H3. The maximum atomic E-state index is 11.6. The van der Waals surface area contributed by atoms with Crippen molar-refractivity contribution in [3.8, 4) is 5.75 Å². The van der Waals surface area contributed by atoms with Crippen LogP contribution in [-0.2, 0) is 9.05 Å². The second-order valence-corrected chi connectivity index (χ2v) is 8.11. The predicted octanol–water partition coefficient (Wildman–Crippen LogP) is 3.79. The van der Waals surface area contributed by atoms with E-state index in [2.05, 4.69) is 0 Å². The van der Waals surface area contributed by atoms with E-state index in [9.17, 15) is 8.42 Å². The summed E-state index contributed by atoms with van der Waals surface area (Å²) >= 11 is 1.70. The Morgan fingerprint density at radius 2 is 2.00 bits per heavy atom. The van der Waals surface area contributed by atoms with E-state index in [1.807, 2.05) is 27.0 Å². The number of benzene rings is 1. The van der Waals surface area contributed by atoms with Crippen LogP contribution in [0.25, 0.3) is 0 Å². The number of hydrogen-bond donors (Lipinski definition) is 0. The monoisotopic (exact) mass is 322 g/mol. The molecule has 0 heterocycles. The highest BCUT2D eigenvalue weighted by Crippen LogP contribution is 2.32. The van der Waals surface area contributed by atoms with Gasteiger partial charge in [0.05, 0.1) is 11.5 Å². The summed E-state index contributed by atoms with van der Waals surface area (Å²) in [7, 11) is 1.76. The molecular weight excluding hydrogens is 304 g/mol. The first-order valence-corrected chi connectivity index (χ1v) is 9.68. The summed E-state index contributed by atoms with van der Waals surface area (Å²) in [6.45, 7) is 6.29. The van der Waals surface area contributed by atoms with Crippen molar-refractivity contribution in [1.82, 2.24) is 0 Å². The molecule has 1 aromatic carbocycles. The van der Waals surface area contributed by atoms with E-state index < -0.39 is 9.05 Å². The Bertz CT molecular complexity index is 539. The van der Waals surface area contributed by atoms with Gasteiger partial charge < -0.3 is 4.74 Å². The summed E-state index contributed by atoms with van der Waals surface area (Å²) < 4.78 is 28.9. The largest absolute Gasteiger partial charge is 0.492 e. The van der Waals surface area contributed by atoms with Gasteiger partial charge in [-0.1, -0.05) is 13.8 Å². The fraction of sp³-hybridized carbons (Fsp3) is 0.538. The minimum absolute atomic E-state index is 0.0621. The van der Waals surface area contributed by atoms with Gasteiger partial charge in [-0.2, -0.15) is 11.8 Å². The lowest BCUT2D eigenvalue weighted by atomic mass is 10.0. The molecule has 0 saturated carbocycles. The molecule has 0 N–H and O–H groups in total. The Hall–Kier alpha value is -0.390. The molecule has 19 heavy (non-hydrogen) atoms. The van der Waals surface area contributed by atoms with Crippen LogP contribution >= 0.6 is 22.4 Å². The van der Waals surface area contributed by atoms with E-state index in [1.165, 1.54) is 0 Å². The van der Waals surface area contributed by atoms with Crippen LogP contribution < -0.4 is 4.74 Å². The second kappa shape index (κ2) is 6.86. The molecule has 1 rings (SSSR count). The first kappa shape index (κ1) is 16.7. The Morgan fingerprint density at radius 3 is 2.47 bits per heavy atom. The molecule has 6 heteroatoms. The highest BCUT2D eigenvalue weighted by atomic mass is 35.7. The van der Waals surface area contributed by atoms with Crippen molar-refractivity contribution in [1.29, 1.82) is 0 Å². The van der Waals surface area contributed by atoms with E-state index >= 15 is 0 Å². The predicted molar refractivity (Wildman–Crippen MR) is 82.2 cm³/mol. The van der Waals surface area contributed by atoms with Gasteiger partial charge in [-0.05, 0) is 42.4 Å². The molecule has 0 amide bonds. The Morgan fingerprint density at radius 1 is 1.37 bits per heavy atom. The summed E-state index contributed by atoms with van der Waals surface area (Å²) in [6, 6.07) is 3.38. The van der Waals surface area contributed by atoms with Crippen LogP contribution in [0, 0.1) is 6.92 Å². The molecule has 0 radical (unpaired) electrons. The molecule has 3 nitrogen and oxygen atoms in total. The van der Waals surface area contributed by atoms with Gasteiger partial charge in [-0.3, -0.25) is 0 Å². The van der Waals surface area contributed by atoms with Gasteiger partial charge in [0, 0.05) is 16.4 Å². The SMILES string of the molecule is CSCCOc1cc(C(C)C)c(S(=O)(=O)Cl)cc1C. The van der Waals surface area contributed by atoms with Gasteiger partial charge in [-0.15, -0.1) is 0 Å². The lowest BCUT2D eigenvalue weighted by Gasteiger charge is -2.16. The molecule has 0 spiro atoms. The molecule has 0 atom stereocenters. The number of hydrogen-bond acceptors (Lipinski definition) is 4. The molecule has 0 aliphatic heterocycles. The number of rotatable bonds is 6. The molecule has 0 aliphatic carbocycles. The molecule has 1 aromatic rings. The fourth-order valence-corrected chi connectivity index (χ4v) is 3.27. The third-order valence-electron chi connectivity index (χ3n) is 2.74. The quantitative estimate of drug-likeness (QED) is 0.590. The molecule has 0 saturated heterocycles. The average Bonchev–Trinajstić information content (AvgIpc) is 2.29. The third kappa shape index (κ3) is 4.58. The third-order valence-corrected chi connectivity index (χ3v) is 4.69. The summed E-state index contributed by atoms with van der Waals surface area (Å²) in [6.07, 6.45) is 2.01. The fourth-order valence-electron chi connectivity index (χ4n) is 1.73. The summed E-state index contributed by atoms with van der Waals surface area (Å²) in [4.78, 5) is 0.180. The van der Waals surface area contributed by atoms with Crippen molar-refractivity contribution in [2.24, 2.45) is 0 Å². The van der Waals surface area contributed by atoms with E-state index in [0.717, 1.165) is 17.1 Å². The van der Waals surface area contributed by atoms with Gasteiger partial charge in [0.1, 0.15) is 5.75 Å². The number of thioether (sulfide) groups is 1. The van der Waals surface area contributed by atoms with Crippen LogP contribution in [0.4, 0.5) is 0 Å². The van der Waals surface area contributed by atoms with Crippen LogP contribution in [0.3, 0.4) is 0 Å². The van der Waals surface area contributed by atoms with Crippen molar-refractivity contribution in [3.05, 3.63) is 23.3 Å². The van der Waals surface area contributed by atoms with Gasteiger partial charge in [0.2, 0.25) is 0 Å². The number of halogens is 1. The van der Waals surface area contributed by atoms with Crippen LogP contribution in [-0.4, -0.2) is 27.0 Å².